The van der Waals surface area contributed by atoms with E-state index in [0.29, 0.717) is 0 Å². The third-order valence-electron chi connectivity index (χ3n) is 0.201. The molecule has 0 bridgehead atoms. The molecule has 2 nitrogen and oxygen atoms in total. The minimum Gasteiger partial charge on any atom is -0.197 e. The first-order chi connectivity index (χ1) is 2.91. The number of nitriles is 2. The van der Waals surface area contributed by atoms with Crippen molar-refractivity contribution in [1.82, 2.24) is 0 Å². The fraction of sp³-hybridized carbons (Fsp3) is 0.333. The van der Waals surface area contributed by atoms with E-state index in [1.165, 1.54) is 0 Å². The van der Waals surface area contributed by atoms with Gasteiger partial charge in [0.05, 0.1) is 11.8 Å². The molecule has 0 spiro atoms. The van der Waals surface area contributed by atoms with Gasteiger partial charge in [0.2, 0.25) is 0 Å². The van der Waals surface area contributed by atoms with Crippen LogP contribution < -0.4 is 0 Å². The molecule has 0 saturated heterocycles. The van der Waals surface area contributed by atoms with E-state index >= 15 is 0 Å². The van der Waals surface area contributed by atoms with E-state index in [4.69, 9.17) is 10.5 Å². The molecule has 0 atom stereocenters. The molecule has 30 valence electrons. The molecule has 0 aliphatic rings. The summed E-state index contributed by atoms with van der Waals surface area (Å²) in [6.07, 6.45) is 0. The van der Waals surface area contributed by atoms with Crippen LogP contribution in [0.4, 0.5) is 0 Å². The molecule has 0 N–H and O–H groups in total. The van der Waals surface area contributed by atoms with E-state index < -0.39 is 0 Å². The summed E-state index contributed by atoms with van der Waals surface area (Å²) in [6, 6.07) is 1.81. The second-order valence-corrected chi connectivity index (χ2v) is 1.30. The van der Waals surface area contributed by atoms with Gasteiger partial charge in [-0.05, 0) is 11.8 Å². The number of hydrogen-bond donors (Lipinski definition) is 0. The molecule has 0 fully saturated rings. The Balaban J connectivity index is 2.78. The lowest BCUT2D eigenvalue weighted by Gasteiger charge is -1.63. The first-order valence-electron chi connectivity index (χ1n) is 1.29. The molecule has 0 saturated carbocycles. The van der Waals surface area contributed by atoms with E-state index in [9.17, 15) is 0 Å². The van der Waals surface area contributed by atoms with Crippen molar-refractivity contribution < 1.29 is 0 Å². The zero-order valence-corrected chi connectivity index (χ0v) is 3.83. The predicted octanol–water partition coefficient (Wildman–Crippen LogP) is 0.724. The maximum atomic E-state index is 7.78. The van der Waals surface area contributed by atoms with Gasteiger partial charge in [0, 0.05) is 0 Å². The van der Waals surface area contributed by atoms with Gasteiger partial charge in [-0.25, -0.2) is 0 Å². The van der Waals surface area contributed by atoms with Gasteiger partial charge >= 0.3 is 0 Å². The highest BCUT2D eigenvalue weighted by Crippen LogP contribution is 1.89. The normalized spacial score (nSPS) is 5.67. The number of nitrogens with zero attached hydrogens (tertiary/aromatic N) is 2. The standard InChI is InChI=1S/C3H2N2S/c4-1-2-6-3-5/h2H2. The minimum absolute atomic E-state index is 0.274. The maximum Gasteiger partial charge on any atom is 0.134 e. The molecule has 0 aromatic rings. The summed E-state index contributed by atoms with van der Waals surface area (Å²) in [5.74, 6) is 0.274. The van der Waals surface area contributed by atoms with Gasteiger partial charge in [-0.15, -0.1) is 0 Å². The van der Waals surface area contributed by atoms with Gasteiger partial charge in [-0.2, -0.15) is 10.5 Å². The molecule has 0 rings (SSSR count). The van der Waals surface area contributed by atoms with Gasteiger partial charge in [0.15, 0.2) is 0 Å². The van der Waals surface area contributed by atoms with E-state index in [0.717, 1.165) is 11.8 Å². The summed E-state index contributed by atoms with van der Waals surface area (Å²) < 4.78 is 0. The number of hydrogen-bond acceptors (Lipinski definition) is 3. The Labute approximate surface area is 40.4 Å². The molecular weight excluding hydrogens is 96.1 g/mol. The van der Waals surface area contributed by atoms with Crippen LogP contribution in [-0.4, -0.2) is 5.75 Å². The Morgan fingerprint density at radius 3 is 2.33 bits per heavy atom. The van der Waals surface area contributed by atoms with Gasteiger partial charge in [-0.3, -0.25) is 0 Å². The van der Waals surface area contributed by atoms with Crippen LogP contribution in [0.15, 0.2) is 0 Å². The summed E-state index contributed by atoms with van der Waals surface area (Å²) in [5.41, 5.74) is 0. The fourth-order valence-corrected chi connectivity index (χ4v) is 0.194. The van der Waals surface area contributed by atoms with Crippen LogP contribution >= 0.6 is 11.8 Å². The molecule has 0 aromatic carbocycles. The van der Waals surface area contributed by atoms with Crippen LogP contribution in [0.3, 0.4) is 0 Å². The summed E-state index contributed by atoms with van der Waals surface area (Å²) in [7, 11) is 0. The van der Waals surface area contributed by atoms with Gasteiger partial charge in [0.25, 0.3) is 0 Å². The minimum atomic E-state index is 0.274. The third-order valence-corrected chi connectivity index (χ3v) is 0.604. The van der Waals surface area contributed by atoms with Crippen molar-refractivity contribution >= 4 is 11.8 Å². The van der Waals surface area contributed by atoms with Crippen LogP contribution in [0.2, 0.25) is 0 Å². The van der Waals surface area contributed by atoms with Crippen molar-refractivity contribution in [2.45, 2.75) is 0 Å². The van der Waals surface area contributed by atoms with Crippen LogP contribution in [0, 0.1) is 22.0 Å². The highest BCUT2D eigenvalue weighted by Gasteiger charge is 1.73. The van der Waals surface area contributed by atoms with Crippen molar-refractivity contribution in [3.63, 3.8) is 0 Å². The summed E-state index contributed by atoms with van der Waals surface area (Å²) in [4.78, 5) is 0. The van der Waals surface area contributed by atoms with E-state index in [-0.39, 0.29) is 5.75 Å². The summed E-state index contributed by atoms with van der Waals surface area (Å²) in [6.45, 7) is 0. The van der Waals surface area contributed by atoms with Gasteiger partial charge < -0.3 is 0 Å². The molecular formula is C3H2N2S. The highest BCUT2D eigenvalue weighted by atomic mass is 32.2. The second-order valence-electron chi connectivity index (χ2n) is 0.538. The topological polar surface area (TPSA) is 47.6 Å². The van der Waals surface area contributed by atoms with Crippen molar-refractivity contribution in [1.29, 1.82) is 10.5 Å². The highest BCUT2D eigenvalue weighted by molar-refractivity contribution is 8.03. The molecule has 6 heavy (non-hydrogen) atoms. The average Bonchev–Trinajstić information content (AvgIpc) is 1.61. The number of thioether (sulfide) groups is 1. The predicted molar refractivity (Wildman–Crippen MR) is 23.7 cm³/mol. The maximum absolute atomic E-state index is 7.78. The van der Waals surface area contributed by atoms with E-state index in [1.54, 1.807) is 5.40 Å². The fourth-order valence-electron chi connectivity index (χ4n) is 0.0645. The van der Waals surface area contributed by atoms with E-state index in [1.807, 2.05) is 6.07 Å². The quantitative estimate of drug-likeness (QED) is 0.358. The van der Waals surface area contributed by atoms with Crippen LogP contribution in [-0.2, 0) is 0 Å². The molecule has 0 amide bonds. The molecule has 0 aliphatic carbocycles. The molecule has 0 radical (unpaired) electrons. The zero-order chi connectivity index (χ0) is 4.83. The zero-order valence-electron chi connectivity index (χ0n) is 3.01. The monoisotopic (exact) mass is 98.0 g/mol. The molecule has 3 heteroatoms. The lowest BCUT2D eigenvalue weighted by atomic mass is 10.9. The third kappa shape index (κ3) is 3.33. The van der Waals surface area contributed by atoms with Gasteiger partial charge in [-0.1, -0.05) is 0 Å². The lowest BCUT2D eigenvalue weighted by molar-refractivity contribution is 1.50. The molecule has 0 aliphatic heterocycles. The van der Waals surface area contributed by atoms with Crippen LogP contribution in [0.25, 0.3) is 0 Å². The van der Waals surface area contributed by atoms with Crippen molar-refractivity contribution in [3.05, 3.63) is 0 Å². The smallest absolute Gasteiger partial charge is 0.134 e. The van der Waals surface area contributed by atoms with Crippen molar-refractivity contribution in [3.8, 4) is 11.5 Å². The number of thiocyanates is 1. The van der Waals surface area contributed by atoms with Crippen molar-refractivity contribution in [2.75, 3.05) is 5.75 Å². The van der Waals surface area contributed by atoms with Crippen LogP contribution in [0.1, 0.15) is 0 Å². The second kappa shape index (κ2) is 4.33. The van der Waals surface area contributed by atoms with Crippen molar-refractivity contribution in [2.24, 2.45) is 0 Å². The molecule has 0 aromatic heterocycles. The SMILES string of the molecule is N#CCSC#N. The Bertz CT molecular complexity index is 82.3. The lowest BCUT2D eigenvalue weighted by Crippen LogP contribution is -1.59. The Morgan fingerprint density at radius 1 is 1.50 bits per heavy atom. The summed E-state index contributed by atoms with van der Waals surface area (Å²) in [5, 5.41) is 17.3. The van der Waals surface area contributed by atoms with E-state index in [2.05, 4.69) is 0 Å². The summed E-state index contributed by atoms with van der Waals surface area (Å²) >= 11 is 0.953. The van der Waals surface area contributed by atoms with Gasteiger partial charge in [0.1, 0.15) is 5.40 Å². The molecule has 0 heterocycles. The Kier molecular flexibility index (Phi) is 3.85. The Hall–Kier alpha value is -0.670. The Morgan fingerprint density at radius 2 is 2.17 bits per heavy atom. The van der Waals surface area contributed by atoms with Crippen LogP contribution in [0.5, 0.6) is 0 Å². The number of rotatable bonds is 1. The first-order valence-corrected chi connectivity index (χ1v) is 2.28. The molecule has 0 unspecified atom stereocenters. The first kappa shape index (κ1) is 5.33. The largest absolute Gasteiger partial charge is 0.197 e. The average molecular weight is 98.1 g/mol.